The first-order chi connectivity index (χ1) is 14.3. The van der Waals surface area contributed by atoms with Crippen molar-refractivity contribution in [2.75, 3.05) is 0 Å². The Hall–Kier alpha value is -2.86. The van der Waals surface area contributed by atoms with Crippen LogP contribution in [0.3, 0.4) is 0 Å². The maximum Gasteiger partial charge on any atom is 0.337 e. The van der Waals surface area contributed by atoms with Crippen molar-refractivity contribution in [3.63, 3.8) is 0 Å². The highest BCUT2D eigenvalue weighted by atomic mass is 32.1. The van der Waals surface area contributed by atoms with E-state index in [1.54, 1.807) is 43.4 Å². The molecule has 0 bridgehead atoms. The molecule has 2 N–H and O–H groups in total. The first-order valence-electron chi connectivity index (χ1n) is 10.1. The van der Waals surface area contributed by atoms with Gasteiger partial charge in [-0.1, -0.05) is 18.2 Å². The first kappa shape index (κ1) is 20.4. The number of hydrogen-bond donors (Lipinski definition) is 2. The van der Waals surface area contributed by atoms with Gasteiger partial charge in [-0.25, -0.2) is 4.79 Å². The number of Topliss-reactive ketones (excluding diaryl/α,β-unsaturated/α-hetero) is 1. The minimum absolute atomic E-state index is 0.0258. The number of dihydropyridines is 1. The lowest BCUT2D eigenvalue weighted by Crippen LogP contribution is -2.36. The summed E-state index contributed by atoms with van der Waals surface area (Å²) in [7, 11) is 0. The van der Waals surface area contributed by atoms with E-state index in [9.17, 15) is 14.7 Å². The van der Waals surface area contributed by atoms with E-state index in [0.29, 0.717) is 35.2 Å². The predicted octanol–water partition coefficient (Wildman–Crippen LogP) is 4.77. The van der Waals surface area contributed by atoms with Crippen molar-refractivity contribution < 1.29 is 19.4 Å². The molecule has 4 rings (SSSR count). The van der Waals surface area contributed by atoms with Gasteiger partial charge in [-0.15, -0.1) is 11.3 Å². The van der Waals surface area contributed by atoms with Gasteiger partial charge in [0.15, 0.2) is 5.78 Å². The Morgan fingerprint density at radius 2 is 2.03 bits per heavy atom. The van der Waals surface area contributed by atoms with Crippen LogP contribution < -0.4 is 5.32 Å². The number of phenols is 1. The summed E-state index contributed by atoms with van der Waals surface area (Å²) < 4.78 is 5.51. The summed E-state index contributed by atoms with van der Waals surface area (Å²) in [4.78, 5) is 27.6. The van der Waals surface area contributed by atoms with Gasteiger partial charge >= 0.3 is 5.97 Å². The second-order valence-corrected chi connectivity index (χ2v) is 9.06. The molecule has 6 heteroatoms. The van der Waals surface area contributed by atoms with Gasteiger partial charge in [-0.05, 0) is 56.3 Å². The number of carbonyl (C=O) groups is 2. The molecular weight excluding hydrogens is 398 g/mol. The van der Waals surface area contributed by atoms with E-state index in [4.69, 9.17) is 4.74 Å². The molecular formula is C24H25NO4S. The van der Waals surface area contributed by atoms with Gasteiger partial charge in [0.2, 0.25) is 0 Å². The van der Waals surface area contributed by atoms with Gasteiger partial charge in [-0.3, -0.25) is 4.79 Å². The summed E-state index contributed by atoms with van der Waals surface area (Å²) in [6, 6.07) is 10.8. The molecule has 0 amide bonds. The van der Waals surface area contributed by atoms with Crippen molar-refractivity contribution in [2.24, 2.45) is 0 Å². The van der Waals surface area contributed by atoms with Gasteiger partial charge in [0.1, 0.15) is 5.75 Å². The summed E-state index contributed by atoms with van der Waals surface area (Å²) in [6.07, 6.45) is 0.839. The van der Waals surface area contributed by atoms with E-state index in [1.807, 2.05) is 24.4 Å². The molecule has 0 radical (unpaired) electrons. The highest BCUT2D eigenvalue weighted by molar-refractivity contribution is 7.10. The van der Waals surface area contributed by atoms with E-state index < -0.39 is 11.9 Å². The molecule has 1 aromatic carbocycles. The van der Waals surface area contributed by atoms with Crippen LogP contribution in [-0.2, 0) is 14.3 Å². The third-order valence-corrected chi connectivity index (χ3v) is 6.57. The van der Waals surface area contributed by atoms with Crippen LogP contribution in [0.5, 0.6) is 5.75 Å². The third kappa shape index (κ3) is 3.79. The Labute approximate surface area is 180 Å². The third-order valence-electron chi connectivity index (χ3n) is 5.54. The van der Waals surface area contributed by atoms with Crippen LogP contribution in [0.4, 0.5) is 0 Å². The normalized spacial score (nSPS) is 21.5. The molecule has 2 aliphatic rings. The molecule has 1 aromatic heterocycles. The summed E-state index contributed by atoms with van der Waals surface area (Å²) in [5.41, 5.74) is 3.29. The summed E-state index contributed by atoms with van der Waals surface area (Å²) in [5, 5.41) is 15.4. The Morgan fingerprint density at radius 3 is 2.70 bits per heavy atom. The number of ether oxygens (including phenoxy) is 1. The lowest BCUT2D eigenvalue weighted by molar-refractivity contribution is -0.143. The number of allylic oxidation sites excluding steroid dienone is 3. The lowest BCUT2D eigenvalue weighted by atomic mass is 9.72. The molecule has 1 aliphatic heterocycles. The van der Waals surface area contributed by atoms with E-state index in [1.165, 1.54) is 4.88 Å². The zero-order valence-electron chi connectivity index (χ0n) is 17.3. The minimum Gasteiger partial charge on any atom is -0.508 e. The van der Waals surface area contributed by atoms with Crippen molar-refractivity contribution >= 4 is 23.1 Å². The lowest BCUT2D eigenvalue weighted by Gasteiger charge is -2.36. The number of phenolic OH excluding ortho intramolecular Hbond substituents is 1. The van der Waals surface area contributed by atoms with E-state index >= 15 is 0 Å². The molecule has 2 aromatic rings. The molecule has 156 valence electrons. The van der Waals surface area contributed by atoms with Gasteiger partial charge < -0.3 is 15.2 Å². The van der Waals surface area contributed by atoms with Crippen LogP contribution in [-0.4, -0.2) is 23.0 Å². The molecule has 1 aliphatic carbocycles. The molecule has 30 heavy (non-hydrogen) atoms. The Bertz CT molecular complexity index is 1050. The van der Waals surface area contributed by atoms with Gasteiger partial charge in [0, 0.05) is 40.1 Å². The van der Waals surface area contributed by atoms with Crippen LogP contribution >= 0.6 is 11.3 Å². The van der Waals surface area contributed by atoms with Crippen molar-refractivity contribution in [1.82, 2.24) is 5.32 Å². The quantitative estimate of drug-likeness (QED) is 0.693. The topological polar surface area (TPSA) is 75.6 Å². The highest BCUT2D eigenvalue weighted by Gasteiger charge is 2.41. The number of nitrogens with one attached hydrogen (secondary N) is 1. The number of hydrogen-bond acceptors (Lipinski definition) is 6. The summed E-state index contributed by atoms with van der Waals surface area (Å²) >= 11 is 1.66. The van der Waals surface area contributed by atoms with Crippen LogP contribution in [0.15, 0.2) is 64.3 Å². The number of esters is 1. The summed E-state index contributed by atoms with van der Waals surface area (Å²) in [5.74, 6) is -0.745. The van der Waals surface area contributed by atoms with Crippen molar-refractivity contribution in [3.05, 3.63) is 74.8 Å². The Morgan fingerprint density at radius 1 is 1.23 bits per heavy atom. The molecule has 0 fully saturated rings. The average molecular weight is 424 g/mol. The zero-order chi connectivity index (χ0) is 21.4. The summed E-state index contributed by atoms with van der Waals surface area (Å²) in [6.45, 7) is 5.45. The Balaban J connectivity index is 1.81. The highest BCUT2D eigenvalue weighted by Crippen LogP contribution is 2.46. The van der Waals surface area contributed by atoms with Crippen LogP contribution in [0.25, 0.3) is 0 Å². The smallest absolute Gasteiger partial charge is 0.337 e. The number of ketones is 1. The van der Waals surface area contributed by atoms with Crippen molar-refractivity contribution in [3.8, 4) is 5.75 Å². The second-order valence-electron chi connectivity index (χ2n) is 8.08. The monoisotopic (exact) mass is 423 g/mol. The molecule has 2 unspecified atom stereocenters. The van der Waals surface area contributed by atoms with Crippen molar-refractivity contribution in [2.45, 2.75) is 51.6 Å². The van der Waals surface area contributed by atoms with Gasteiger partial charge in [0.05, 0.1) is 11.7 Å². The first-order valence-corrected chi connectivity index (χ1v) is 11.0. The second kappa shape index (κ2) is 8.11. The van der Waals surface area contributed by atoms with Crippen molar-refractivity contribution in [1.29, 1.82) is 0 Å². The van der Waals surface area contributed by atoms with E-state index in [0.717, 1.165) is 5.70 Å². The SMILES string of the molecule is CC1=C(C(=O)OC(C)C)C(c2cccc(O)c2)C2=C(CC(c3cccs3)CC2=O)N1. The minimum atomic E-state index is -0.559. The standard InChI is InChI=1S/C24H25NO4S/c1-13(2)29-24(28)21-14(3)25-18-11-16(20-8-5-9-30-20)12-19(27)23(18)22(21)15-6-4-7-17(26)10-15/h4-10,13,16,22,25-26H,11-12H2,1-3H3. The largest absolute Gasteiger partial charge is 0.508 e. The van der Waals surface area contributed by atoms with Crippen LogP contribution in [0, 0.1) is 0 Å². The number of carbonyl (C=O) groups excluding carboxylic acids is 2. The molecule has 2 heterocycles. The molecule has 2 atom stereocenters. The van der Waals surface area contributed by atoms with E-state index in [-0.39, 0.29) is 23.6 Å². The van der Waals surface area contributed by atoms with Gasteiger partial charge in [-0.2, -0.15) is 0 Å². The van der Waals surface area contributed by atoms with Crippen LogP contribution in [0.2, 0.25) is 0 Å². The predicted molar refractivity (Wildman–Crippen MR) is 116 cm³/mol. The number of rotatable bonds is 4. The molecule has 0 saturated carbocycles. The molecule has 0 saturated heterocycles. The van der Waals surface area contributed by atoms with Gasteiger partial charge in [0.25, 0.3) is 0 Å². The fraction of sp³-hybridized carbons (Fsp3) is 0.333. The Kier molecular flexibility index (Phi) is 5.52. The maximum atomic E-state index is 13.4. The zero-order valence-corrected chi connectivity index (χ0v) is 18.1. The fourth-order valence-electron chi connectivity index (χ4n) is 4.35. The average Bonchev–Trinajstić information content (AvgIpc) is 3.21. The van der Waals surface area contributed by atoms with E-state index in [2.05, 4.69) is 11.4 Å². The van der Waals surface area contributed by atoms with Crippen LogP contribution in [0.1, 0.15) is 55.9 Å². The molecule has 5 nitrogen and oxygen atoms in total. The number of thiophene rings is 1. The fourth-order valence-corrected chi connectivity index (χ4v) is 5.18. The number of aromatic hydroxyl groups is 1. The molecule has 0 spiro atoms. The number of benzene rings is 1. The maximum absolute atomic E-state index is 13.4.